The van der Waals surface area contributed by atoms with Gasteiger partial charge < -0.3 is 15.0 Å². The Morgan fingerprint density at radius 2 is 1.90 bits per heavy atom. The second-order valence-corrected chi connectivity index (χ2v) is 8.72. The van der Waals surface area contributed by atoms with Crippen LogP contribution in [0.2, 0.25) is 0 Å². The predicted octanol–water partition coefficient (Wildman–Crippen LogP) is 1.98. The van der Waals surface area contributed by atoms with Gasteiger partial charge in [-0.05, 0) is 37.5 Å². The molecule has 1 aliphatic carbocycles. The Morgan fingerprint density at radius 1 is 1.23 bits per heavy atom. The van der Waals surface area contributed by atoms with Gasteiger partial charge in [0.1, 0.15) is 12.2 Å². The molecule has 0 radical (unpaired) electrons. The molecule has 2 heterocycles. The highest BCUT2D eigenvalue weighted by Crippen LogP contribution is 2.32. The molecule has 2 aliphatic rings. The lowest BCUT2D eigenvalue weighted by Crippen LogP contribution is -2.55. The monoisotopic (exact) mass is 547 g/mol. The average Bonchev–Trinajstić information content (AvgIpc) is 3.21. The summed E-state index contributed by atoms with van der Waals surface area (Å²) in [6, 6.07) is 0.752. The quantitative estimate of drug-likeness (QED) is 0.252. The van der Waals surface area contributed by atoms with Crippen molar-refractivity contribution >= 4 is 35.9 Å². The van der Waals surface area contributed by atoms with E-state index in [0.717, 1.165) is 55.7 Å². The largest absolute Gasteiger partial charge is 0.468 e. The number of guanidine groups is 1. The maximum Gasteiger partial charge on any atom is 0.327 e. The minimum absolute atomic E-state index is 0. The van der Waals surface area contributed by atoms with Crippen molar-refractivity contribution in [3.63, 3.8) is 0 Å². The molecule has 1 aliphatic heterocycles. The van der Waals surface area contributed by atoms with E-state index < -0.39 is 0 Å². The van der Waals surface area contributed by atoms with Crippen molar-refractivity contribution in [2.45, 2.75) is 58.7 Å². The van der Waals surface area contributed by atoms with Crippen molar-refractivity contribution in [3.8, 4) is 0 Å². The molecule has 0 unspecified atom stereocenters. The van der Waals surface area contributed by atoms with Crippen LogP contribution in [0, 0.1) is 11.8 Å². The van der Waals surface area contributed by atoms with E-state index in [0.29, 0.717) is 6.54 Å². The second kappa shape index (κ2) is 12.6. The Balaban J connectivity index is 0.00000341. The highest BCUT2D eigenvalue weighted by atomic mass is 127. The molecule has 1 N–H and O–H groups in total. The normalized spacial score (nSPS) is 22.9. The van der Waals surface area contributed by atoms with Gasteiger partial charge in [0.2, 0.25) is 0 Å². The van der Waals surface area contributed by atoms with Gasteiger partial charge in [-0.3, -0.25) is 14.7 Å². The van der Waals surface area contributed by atoms with Gasteiger partial charge in [-0.15, -0.1) is 29.1 Å². The number of ether oxygens (including phenoxy) is 1. The van der Waals surface area contributed by atoms with Crippen LogP contribution in [-0.4, -0.2) is 83.1 Å². The molecule has 10 heteroatoms. The molecule has 0 bridgehead atoms. The third kappa shape index (κ3) is 7.30. The zero-order chi connectivity index (χ0) is 21.5. The van der Waals surface area contributed by atoms with Crippen LogP contribution in [-0.2, 0) is 22.6 Å². The van der Waals surface area contributed by atoms with Gasteiger partial charge >= 0.3 is 5.97 Å². The fourth-order valence-electron chi connectivity index (χ4n) is 4.63. The lowest BCUT2D eigenvalue weighted by Gasteiger charge is -2.43. The third-order valence-electron chi connectivity index (χ3n) is 6.56. The lowest BCUT2D eigenvalue weighted by atomic mass is 9.79. The number of nitrogens with one attached hydrogen (secondary N) is 1. The summed E-state index contributed by atoms with van der Waals surface area (Å²) >= 11 is 0. The molecule has 1 saturated heterocycles. The summed E-state index contributed by atoms with van der Waals surface area (Å²) < 4.78 is 6.14. The molecule has 1 saturated carbocycles. The first kappa shape index (κ1) is 25.8. The number of aromatic nitrogens is 3. The molecule has 0 atom stereocenters. The second-order valence-electron chi connectivity index (χ2n) is 8.72. The molecule has 0 spiro atoms. The van der Waals surface area contributed by atoms with Gasteiger partial charge in [0.25, 0.3) is 0 Å². The van der Waals surface area contributed by atoms with Gasteiger partial charge in [-0.25, -0.2) is 4.68 Å². The number of hydrogen-bond donors (Lipinski definition) is 1. The van der Waals surface area contributed by atoms with E-state index in [2.05, 4.69) is 49.0 Å². The van der Waals surface area contributed by atoms with E-state index in [1.54, 1.807) is 6.20 Å². The SMILES string of the molecule is CN=C(NCc1cn(CC(=O)OC)nn1)N1CCN(C2CCC(C(C)C)CC2)CC1.I. The molecule has 31 heavy (non-hydrogen) atoms. The summed E-state index contributed by atoms with van der Waals surface area (Å²) in [5.41, 5.74) is 0.764. The molecule has 0 aromatic carbocycles. The standard InChI is InChI=1S/C21H37N7O2.HI/c1-16(2)17-5-7-19(8-6-17)26-9-11-27(12-10-26)21(22-3)23-13-18-14-28(25-24-18)15-20(29)30-4;/h14,16-17,19H,5-13,15H2,1-4H3,(H,22,23);1H. The van der Waals surface area contributed by atoms with Crippen molar-refractivity contribution in [2.75, 3.05) is 40.3 Å². The molecule has 9 nitrogen and oxygen atoms in total. The van der Waals surface area contributed by atoms with Crippen LogP contribution in [0.4, 0.5) is 0 Å². The number of esters is 1. The number of methoxy groups -OCH3 is 1. The van der Waals surface area contributed by atoms with Crippen LogP contribution < -0.4 is 5.32 Å². The van der Waals surface area contributed by atoms with E-state index in [1.807, 2.05) is 7.05 Å². The number of hydrogen-bond acceptors (Lipinski definition) is 6. The van der Waals surface area contributed by atoms with E-state index in [-0.39, 0.29) is 36.5 Å². The van der Waals surface area contributed by atoms with Crippen molar-refractivity contribution in [1.29, 1.82) is 0 Å². The Labute approximate surface area is 203 Å². The Morgan fingerprint density at radius 3 is 2.48 bits per heavy atom. The van der Waals surface area contributed by atoms with Crippen LogP contribution in [0.5, 0.6) is 0 Å². The van der Waals surface area contributed by atoms with Crippen LogP contribution >= 0.6 is 24.0 Å². The van der Waals surface area contributed by atoms with Crippen molar-refractivity contribution in [3.05, 3.63) is 11.9 Å². The molecule has 3 rings (SSSR count). The van der Waals surface area contributed by atoms with Crippen LogP contribution in [0.15, 0.2) is 11.2 Å². The van der Waals surface area contributed by atoms with Crippen LogP contribution in [0.25, 0.3) is 0 Å². The van der Waals surface area contributed by atoms with E-state index in [1.165, 1.54) is 37.5 Å². The first-order valence-corrected chi connectivity index (χ1v) is 11.2. The first-order chi connectivity index (χ1) is 14.5. The number of rotatable bonds is 6. The average molecular weight is 547 g/mol. The summed E-state index contributed by atoms with van der Waals surface area (Å²) in [5.74, 6) is 2.28. The Kier molecular flexibility index (Phi) is 10.5. The number of aliphatic imine (C=N–C) groups is 1. The summed E-state index contributed by atoms with van der Waals surface area (Å²) in [6.07, 6.45) is 7.20. The maximum atomic E-state index is 11.3. The van der Waals surface area contributed by atoms with Crippen molar-refractivity contribution < 1.29 is 9.53 Å². The highest BCUT2D eigenvalue weighted by molar-refractivity contribution is 14.0. The minimum Gasteiger partial charge on any atom is -0.468 e. The lowest BCUT2D eigenvalue weighted by molar-refractivity contribution is -0.141. The van der Waals surface area contributed by atoms with Gasteiger partial charge in [-0.2, -0.15) is 0 Å². The molecule has 0 amide bonds. The van der Waals surface area contributed by atoms with Crippen LogP contribution in [0.3, 0.4) is 0 Å². The number of halogens is 1. The van der Waals surface area contributed by atoms with Crippen molar-refractivity contribution in [1.82, 2.24) is 30.1 Å². The Bertz CT molecular complexity index is 708. The van der Waals surface area contributed by atoms with Gasteiger partial charge in [0.05, 0.1) is 19.9 Å². The number of nitrogens with zero attached hydrogens (tertiary/aromatic N) is 6. The Hall–Kier alpha value is -1.43. The van der Waals surface area contributed by atoms with Crippen LogP contribution in [0.1, 0.15) is 45.2 Å². The molecule has 176 valence electrons. The zero-order valence-electron chi connectivity index (χ0n) is 19.3. The summed E-state index contributed by atoms with van der Waals surface area (Å²) in [7, 11) is 3.18. The number of carbonyl (C=O) groups excluding carboxylic acids is 1. The molecule has 1 aromatic rings. The van der Waals surface area contributed by atoms with Gasteiger partial charge in [0, 0.05) is 39.3 Å². The predicted molar refractivity (Wildman–Crippen MR) is 131 cm³/mol. The molecular formula is C21H38IN7O2. The number of carbonyl (C=O) groups is 1. The summed E-state index contributed by atoms with van der Waals surface area (Å²) in [4.78, 5) is 20.8. The molecule has 1 aromatic heterocycles. The summed E-state index contributed by atoms with van der Waals surface area (Å²) in [6.45, 7) is 9.47. The van der Waals surface area contributed by atoms with Gasteiger partial charge in [0.15, 0.2) is 5.96 Å². The maximum absolute atomic E-state index is 11.3. The molecule has 2 fully saturated rings. The molecular weight excluding hydrogens is 509 g/mol. The summed E-state index contributed by atoms with van der Waals surface area (Å²) in [5, 5.41) is 11.4. The smallest absolute Gasteiger partial charge is 0.327 e. The fraction of sp³-hybridized carbons (Fsp3) is 0.810. The third-order valence-corrected chi connectivity index (χ3v) is 6.56. The zero-order valence-corrected chi connectivity index (χ0v) is 21.6. The van der Waals surface area contributed by atoms with E-state index >= 15 is 0 Å². The topological polar surface area (TPSA) is 87.9 Å². The van der Waals surface area contributed by atoms with Gasteiger partial charge in [-0.1, -0.05) is 19.1 Å². The van der Waals surface area contributed by atoms with E-state index in [9.17, 15) is 4.79 Å². The highest BCUT2D eigenvalue weighted by Gasteiger charge is 2.29. The number of piperazine rings is 1. The van der Waals surface area contributed by atoms with Crippen molar-refractivity contribution in [2.24, 2.45) is 16.8 Å². The minimum atomic E-state index is -0.342. The first-order valence-electron chi connectivity index (χ1n) is 11.2. The van der Waals surface area contributed by atoms with E-state index in [4.69, 9.17) is 0 Å². The fourth-order valence-corrected chi connectivity index (χ4v) is 4.63.